The number of morpholine rings is 1. The Morgan fingerprint density at radius 3 is 2.48 bits per heavy atom. The molecule has 0 spiro atoms. The number of nitrogens with one attached hydrogen (secondary N) is 1. The summed E-state index contributed by atoms with van der Waals surface area (Å²) in [6, 6.07) is 0. The Balaban J connectivity index is 2.27. The van der Waals surface area contributed by atoms with Gasteiger partial charge in [0.15, 0.2) is 5.78 Å². The van der Waals surface area contributed by atoms with Gasteiger partial charge in [-0.25, -0.2) is 4.79 Å². The SMILES string of the molecule is CCCn1c(N)c(C(=O)CN2CC(C)OC(C)C2)c(=O)[nH]c1=O. The summed E-state index contributed by atoms with van der Waals surface area (Å²) in [6.07, 6.45) is 0.717. The molecule has 1 aromatic rings. The summed E-state index contributed by atoms with van der Waals surface area (Å²) in [5, 5.41) is 0. The van der Waals surface area contributed by atoms with Crippen molar-refractivity contribution in [3.8, 4) is 0 Å². The molecule has 128 valence electrons. The van der Waals surface area contributed by atoms with E-state index in [1.165, 1.54) is 4.57 Å². The standard InChI is InChI=1S/C15H24N4O4/c1-4-5-19-13(16)12(14(21)17-15(19)22)11(20)8-18-6-9(2)23-10(3)7-18/h9-10H,4-8,16H2,1-3H3,(H,17,21,22). The molecule has 2 unspecified atom stereocenters. The average molecular weight is 324 g/mol. The molecule has 23 heavy (non-hydrogen) atoms. The number of Topliss-reactive ketones (excluding diaryl/α,β-unsaturated/α-hetero) is 1. The zero-order valence-electron chi connectivity index (χ0n) is 13.8. The van der Waals surface area contributed by atoms with E-state index in [0.29, 0.717) is 26.1 Å². The maximum Gasteiger partial charge on any atom is 0.329 e. The Bertz CT molecular complexity index is 684. The van der Waals surface area contributed by atoms with Crippen molar-refractivity contribution in [3.63, 3.8) is 0 Å². The predicted molar refractivity (Wildman–Crippen MR) is 86.8 cm³/mol. The second kappa shape index (κ2) is 7.10. The van der Waals surface area contributed by atoms with Gasteiger partial charge in [-0.1, -0.05) is 6.92 Å². The largest absolute Gasteiger partial charge is 0.384 e. The highest BCUT2D eigenvalue weighted by Crippen LogP contribution is 2.12. The Morgan fingerprint density at radius 1 is 1.30 bits per heavy atom. The smallest absolute Gasteiger partial charge is 0.329 e. The number of carbonyl (C=O) groups is 1. The van der Waals surface area contributed by atoms with Crippen LogP contribution < -0.4 is 17.0 Å². The second-order valence-corrected chi connectivity index (χ2v) is 6.05. The second-order valence-electron chi connectivity index (χ2n) is 6.05. The van der Waals surface area contributed by atoms with Crippen molar-refractivity contribution in [1.82, 2.24) is 14.5 Å². The average Bonchev–Trinajstić information content (AvgIpc) is 2.41. The topological polar surface area (TPSA) is 110 Å². The van der Waals surface area contributed by atoms with Gasteiger partial charge in [0.1, 0.15) is 11.4 Å². The lowest BCUT2D eigenvalue weighted by atomic mass is 10.1. The number of hydrogen-bond acceptors (Lipinski definition) is 6. The number of anilines is 1. The summed E-state index contributed by atoms with van der Waals surface area (Å²) in [5.74, 6) is -0.435. The van der Waals surface area contributed by atoms with Gasteiger partial charge in [0, 0.05) is 19.6 Å². The summed E-state index contributed by atoms with van der Waals surface area (Å²) in [7, 11) is 0. The number of hydrogen-bond donors (Lipinski definition) is 2. The third-order valence-electron chi connectivity index (χ3n) is 3.83. The molecule has 0 aliphatic carbocycles. The van der Waals surface area contributed by atoms with Crippen LogP contribution in [-0.4, -0.2) is 52.1 Å². The molecule has 1 aliphatic heterocycles. The number of H-pyrrole nitrogens is 1. The Hall–Kier alpha value is -1.93. The molecule has 1 aliphatic rings. The minimum atomic E-state index is -0.723. The lowest BCUT2D eigenvalue weighted by Gasteiger charge is -2.34. The highest BCUT2D eigenvalue weighted by molar-refractivity contribution is 6.01. The van der Waals surface area contributed by atoms with Gasteiger partial charge in [0.25, 0.3) is 5.56 Å². The van der Waals surface area contributed by atoms with Crippen molar-refractivity contribution in [2.24, 2.45) is 0 Å². The molecule has 8 heteroatoms. The molecule has 0 radical (unpaired) electrons. The fraction of sp³-hybridized carbons (Fsp3) is 0.667. The minimum absolute atomic E-state index is 0.0243. The van der Waals surface area contributed by atoms with Crippen LogP contribution in [0.15, 0.2) is 9.59 Å². The molecular weight excluding hydrogens is 300 g/mol. The maximum absolute atomic E-state index is 12.5. The third-order valence-corrected chi connectivity index (χ3v) is 3.83. The Kier molecular flexibility index (Phi) is 5.38. The van der Waals surface area contributed by atoms with Crippen LogP contribution in [-0.2, 0) is 11.3 Å². The van der Waals surface area contributed by atoms with Gasteiger partial charge in [-0.15, -0.1) is 0 Å². The van der Waals surface area contributed by atoms with Crippen LogP contribution in [0.4, 0.5) is 5.82 Å². The van der Waals surface area contributed by atoms with Gasteiger partial charge in [0.2, 0.25) is 0 Å². The van der Waals surface area contributed by atoms with E-state index in [1.807, 2.05) is 25.7 Å². The summed E-state index contributed by atoms with van der Waals surface area (Å²) in [6.45, 7) is 7.43. The number of aromatic amines is 1. The molecule has 1 aromatic heterocycles. The number of ketones is 1. The molecule has 2 rings (SSSR count). The van der Waals surface area contributed by atoms with Gasteiger partial charge in [-0.05, 0) is 20.3 Å². The first kappa shape index (κ1) is 17.4. The van der Waals surface area contributed by atoms with Crippen molar-refractivity contribution < 1.29 is 9.53 Å². The quantitative estimate of drug-likeness (QED) is 0.727. The van der Waals surface area contributed by atoms with E-state index < -0.39 is 11.2 Å². The number of rotatable bonds is 5. The Labute approximate surface area is 134 Å². The monoisotopic (exact) mass is 324 g/mol. The summed E-state index contributed by atoms with van der Waals surface area (Å²) < 4.78 is 6.86. The van der Waals surface area contributed by atoms with Crippen LogP contribution in [0.3, 0.4) is 0 Å². The first-order chi connectivity index (χ1) is 10.8. The van der Waals surface area contributed by atoms with Crippen LogP contribution in [0.5, 0.6) is 0 Å². The molecule has 2 atom stereocenters. The number of carbonyl (C=O) groups excluding carboxylic acids is 1. The number of nitrogens with two attached hydrogens (primary N) is 1. The molecule has 3 N–H and O–H groups in total. The fourth-order valence-electron chi connectivity index (χ4n) is 3.00. The first-order valence-corrected chi connectivity index (χ1v) is 7.87. The first-order valence-electron chi connectivity index (χ1n) is 7.87. The lowest BCUT2D eigenvalue weighted by Crippen LogP contribution is -2.48. The Morgan fingerprint density at radius 2 is 1.91 bits per heavy atom. The fourth-order valence-corrected chi connectivity index (χ4v) is 3.00. The predicted octanol–water partition coefficient (Wildman–Crippen LogP) is -0.179. The van der Waals surface area contributed by atoms with Crippen LogP contribution in [0.2, 0.25) is 0 Å². The van der Waals surface area contributed by atoms with E-state index in [-0.39, 0.29) is 35.9 Å². The van der Waals surface area contributed by atoms with Gasteiger partial charge in [-0.2, -0.15) is 0 Å². The van der Waals surface area contributed by atoms with Gasteiger partial charge >= 0.3 is 5.69 Å². The van der Waals surface area contributed by atoms with E-state index in [0.717, 1.165) is 0 Å². The summed E-state index contributed by atoms with van der Waals surface area (Å²) in [5.41, 5.74) is 4.47. The molecule has 0 saturated carbocycles. The molecule has 0 amide bonds. The molecule has 1 saturated heterocycles. The van der Waals surface area contributed by atoms with Crippen molar-refractivity contribution in [2.45, 2.75) is 45.9 Å². The van der Waals surface area contributed by atoms with Crippen molar-refractivity contribution in [3.05, 3.63) is 26.4 Å². The zero-order chi connectivity index (χ0) is 17.1. The van der Waals surface area contributed by atoms with E-state index in [4.69, 9.17) is 10.5 Å². The van der Waals surface area contributed by atoms with Crippen LogP contribution in [0.25, 0.3) is 0 Å². The highest BCUT2D eigenvalue weighted by Gasteiger charge is 2.26. The van der Waals surface area contributed by atoms with Crippen LogP contribution in [0, 0.1) is 0 Å². The van der Waals surface area contributed by atoms with Crippen molar-refractivity contribution in [1.29, 1.82) is 0 Å². The third kappa shape index (κ3) is 3.89. The van der Waals surface area contributed by atoms with Gasteiger partial charge in [0.05, 0.1) is 18.8 Å². The summed E-state index contributed by atoms with van der Waals surface area (Å²) in [4.78, 5) is 40.5. The molecule has 0 aromatic carbocycles. The van der Waals surface area contributed by atoms with Crippen molar-refractivity contribution in [2.75, 3.05) is 25.4 Å². The molecule has 8 nitrogen and oxygen atoms in total. The normalized spacial score (nSPS) is 22.2. The number of aromatic nitrogens is 2. The number of nitrogens with zero attached hydrogens (tertiary/aromatic N) is 2. The zero-order valence-corrected chi connectivity index (χ0v) is 13.8. The van der Waals surface area contributed by atoms with Crippen molar-refractivity contribution >= 4 is 11.6 Å². The molecule has 1 fully saturated rings. The van der Waals surface area contributed by atoms with E-state index >= 15 is 0 Å². The summed E-state index contributed by atoms with van der Waals surface area (Å²) >= 11 is 0. The number of ether oxygens (including phenoxy) is 1. The highest BCUT2D eigenvalue weighted by atomic mass is 16.5. The lowest BCUT2D eigenvalue weighted by molar-refractivity contribution is -0.0652. The number of nitrogen functional groups attached to an aromatic ring is 1. The van der Waals surface area contributed by atoms with E-state index in [1.54, 1.807) is 0 Å². The van der Waals surface area contributed by atoms with Crippen LogP contribution >= 0.6 is 0 Å². The molecule has 0 bridgehead atoms. The maximum atomic E-state index is 12.5. The van der Waals surface area contributed by atoms with E-state index in [2.05, 4.69) is 4.98 Å². The minimum Gasteiger partial charge on any atom is -0.384 e. The van der Waals surface area contributed by atoms with E-state index in [9.17, 15) is 14.4 Å². The molecular formula is C15H24N4O4. The van der Waals surface area contributed by atoms with Crippen LogP contribution in [0.1, 0.15) is 37.6 Å². The van der Waals surface area contributed by atoms with Gasteiger partial charge < -0.3 is 10.5 Å². The van der Waals surface area contributed by atoms with Gasteiger partial charge in [-0.3, -0.25) is 24.0 Å². The molecule has 2 heterocycles.